The summed E-state index contributed by atoms with van der Waals surface area (Å²) in [5.41, 5.74) is 1.55. The fraction of sp³-hybridized carbons (Fsp3) is 0.500. The van der Waals surface area contributed by atoms with Crippen molar-refractivity contribution in [3.63, 3.8) is 0 Å². The Kier molecular flexibility index (Phi) is 2.80. The van der Waals surface area contributed by atoms with Gasteiger partial charge >= 0.3 is 0 Å². The molecule has 1 heterocycles. The Morgan fingerprint density at radius 2 is 2.06 bits per heavy atom. The van der Waals surface area contributed by atoms with Crippen LogP contribution in [0.15, 0.2) is 23.1 Å². The highest BCUT2D eigenvalue weighted by molar-refractivity contribution is 7.91. The normalized spacial score (nSPS) is 23.1. The standard InChI is InChI=1S/C12H16O3S/c1-8(2)9-3-4-10-11(13)5-6-16(14,15)12(10)7-9/h3-4,7-8,11,13H,5-6H2,1-2H3. The van der Waals surface area contributed by atoms with Crippen LogP contribution >= 0.6 is 0 Å². The smallest absolute Gasteiger partial charge is 0.178 e. The Labute approximate surface area is 96.0 Å². The van der Waals surface area contributed by atoms with Crippen LogP contribution in [0, 0.1) is 0 Å². The number of hydrogen-bond donors (Lipinski definition) is 1. The molecule has 0 aromatic heterocycles. The van der Waals surface area contributed by atoms with Gasteiger partial charge in [-0.2, -0.15) is 0 Å². The second-order valence-corrected chi connectivity index (χ2v) is 6.65. The van der Waals surface area contributed by atoms with Crippen molar-refractivity contribution >= 4 is 9.84 Å². The highest BCUT2D eigenvalue weighted by Gasteiger charge is 2.29. The second-order valence-electron chi connectivity index (χ2n) is 4.58. The number of hydrogen-bond acceptors (Lipinski definition) is 3. The fourth-order valence-electron chi connectivity index (χ4n) is 1.99. The van der Waals surface area contributed by atoms with Crippen LogP contribution < -0.4 is 0 Å². The summed E-state index contributed by atoms with van der Waals surface area (Å²) in [6, 6.07) is 5.34. The first kappa shape index (κ1) is 11.6. The number of aliphatic hydroxyl groups excluding tert-OH is 1. The third-order valence-electron chi connectivity index (χ3n) is 3.06. The Morgan fingerprint density at radius 3 is 2.69 bits per heavy atom. The highest BCUT2D eigenvalue weighted by atomic mass is 32.2. The first-order valence-electron chi connectivity index (χ1n) is 5.46. The predicted octanol–water partition coefficient (Wildman–Crippen LogP) is 2.02. The highest BCUT2D eigenvalue weighted by Crippen LogP contribution is 2.33. The summed E-state index contributed by atoms with van der Waals surface area (Å²) >= 11 is 0. The van der Waals surface area contributed by atoms with E-state index in [0.717, 1.165) is 5.56 Å². The molecule has 1 aliphatic heterocycles. The number of rotatable bonds is 1. The molecule has 3 nitrogen and oxygen atoms in total. The lowest BCUT2D eigenvalue weighted by Gasteiger charge is -2.22. The molecule has 0 aliphatic carbocycles. The van der Waals surface area contributed by atoms with Crippen molar-refractivity contribution in [2.45, 2.75) is 37.2 Å². The summed E-state index contributed by atoms with van der Waals surface area (Å²) in [5.74, 6) is 0.336. The van der Waals surface area contributed by atoms with Crippen LogP contribution in [0.4, 0.5) is 0 Å². The first-order valence-corrected chi connectivity index (χ1v) is 7.11. The summed E-state index contributed by atoms with van der Waals surface area (Å²) in [6.07, 6.45) is -0.337. The molecule has 1 N–H and O–H groups in total. The van der Waals surface area contributed by atoms with E-state index in [1.807, 2.05) is 19.9 Å². The minimum Gasteiger partial charge on any atom is -0.388 e. The van der Waals surface area contributed by atoms with Crippen LogP contribution in [0.1, 0.15) is 43.4 Å². The molecule has 0 saturated heterocycles. The number of benzene rings is 1. The van der Waals surface area contributed by atoms with Gasteiger partial charge < -0.3 is 5.11 Å². The minimum atomic E-state index is -3.19. The van der Waals surface area contributed by atoms with Crippen LogP contribution in [0.3, 0.4) is 0 Å². The molecule has 1 aromatic rings. The van der Waals surface area contributed by atoms with Crippen molar-refractivity contribution in [1.29, 1.82) is 0 Å². The van der Waals surface area contributed by atoms with Gasteiger partial charge in [-0.25, -0.2) is 8.42 Å². The van der Waals surface area contributed by atoms with Gasteiger partial charge in [0.15, 0.2) is 9.84 Å². The maximum atomic E-state index is 11.9. The van der Waals surface area contributed by atoms with E-state index in [-0.39, 0.29) is 5.75 Å². The van der Waals surface area contributed by atoms with Crippen molar-refractivity contribution in [2.75, 3.05) is 5.75 Å². The third-order valence-corrected chi connectivity index (χ3v) is 4.86. The maximum Gasteiger partial charge on any atom is 0.178 e. The molecule has 0 saturated carbocycles. The minimum absolute atomic E-state index is 0.0444. The molecule has 16 heavy (non-hydrogen) atoms. The van der Waals surface area contributed by atoms with E-state index < -0.39 is 15.9 Å². The molecule has 1 unspecified atom stereocenters. The Hall–Kier alpha value is -0.870. The number of aliphatic hydroxyl groups is 1. The van der Waals surface area contributed by atoms with Gasteiger partial charge in [-0.3, -0.25) is 0 Å². The van der Waals surface area contributed by atoms with E-state index in [4.69, 9.17) is 0 Å². The van der Waals surface area contributed by atoms with Gasteiger partial charge in [0, 0.05) is 0 Å². The molecule has 1 atom stereocenters. The van der Waals surface area contributed by atoms with Crippen LogP contribution in [0.2, 0.25) is 0 Å². The van der Waals surface area contributed by atoms with Gasteiger partial charge in [0.1, 0.15) is 0 Å². The van der Waals surface area contributed by atoms with E-state index in [2.05, 4.69) is 0 Å². The summed E-state index contributed by atoms with van der Waals surface area (Å²) in [7, 11) is -3.19. The lowest BCUT2D eigenvalue weighted by molar-refractivity contribution is 0.168. The van der Waals surface area contributed by atoms with Crippen molar-refractivity contribution in [1.82, 2.24) is 0 Å². The number of fused-ring (bicyclic) bond motifs is 1. The van der Waals surface area contributed by atoms with Crippen LogP contribution in [0.25, 0.3) is 0 Å². The molecule has 0 spiro atoms. The third kappa shape index (κ3) is 1.87. The van der Waals surface area contributed by atoms with E-state index in [1.54, 1.807) is 12.1 Å². The second kappa shape index (κ2) is 3.86. The SMILES string of the molecule is CC(C)c1ccc2c(c1)S(=O)(=O)CCC2O. The van der Waals surface area contributed by atoms with Gasteiger partial charge in [0.25, 0.3) is 0 Å². The zero-order chi connectivity index (χ0) is 11.9. The lowest BCUT2D eigenvalue weighted by atomic mass is 9.99. The molecule has 1 aromatic carbocycles. The van der Waals surface area contributed by atoms with E-state index in [1.165, 1.54) is 0 Å². The Morgan fingerprint density at radius 1 is 1.38 bits per heavy atom. The Balaban J connectivity index is 2.63. The maximum absolute atomic E-state index is 11.9. The van der Waals surface area contributed by atoms with Crippen molar-refractivity contribution in [3.8, 4) is 0 Å². The molecule has 88 valence electrons. The van der Waals surface area contributed by atoms with Crippen LogP contribution in [-0.4, -0.2) is 19.3 Å². The topological polar surface area (TPSA) is 54.4 Å². The summed E-state index contributed by atoms with van der Waals surface area (Å²) in [4.78, 5) is 0.317. The van der Waals surface area contributed by atoms with Gasteiger partial charge in [-0.1, -0.05) is 26.0 Å². The average Bonchev–Trinajstić information content (AvgIpc) is 2.23. The molecule has 1 aliphatic rings. The lowest BCUT2D eigenvalue weighted by Crippen LogP contribution is -2.20. The number of sulfone groups is 1. The molecule has 0 amide bonds. The molecule has 2 rings (SSSR count). The predicted molar refractivity (Wildman–Crippen MR) is 62.2 cm³/mol. The molecular formula is C12H16O3S. The van der Waals surface area contributed by atoms with Gasteiger partial charge in [0.2, 0.25) is 0 Å². The monoisotopic (exact) mass is 240 g/mol. The van der Waals surface area contributed by atoms with Crippen molar-refractivity contribution < 1.29 is 13.5 Å². The zero-order valence-corrected chi connectivity index (χ0v) is 10.3. The van der Waals surface area contributed by atoms with E-state index in [0.29, 0.717) is 22.8 Å². The molecule has 0 radical (unpaired) electrons. The quantitative estimate of drug-likeness (QED) is 0.817. The van der Waals surface area contributed by atoms with Crippen LogP contribution in [0.5, 0.6) is 0 Å². The van der Waals surface area contributed by atoms with Crippen molar-refractivity contribution in [3.05, 3.63) is 29.3 Å². The molecule has 0 fully saturated rings. The largest absolute Gasteiger partial charge is 0.388 e. The van der Waals surface area contributed by atoms with Gasteiger partial charge in [0.05, 0.1) is 16.8 Å². The van der Waals surface area contributed by atoms with E-state index in [9.17, 15) is 13.5 Å². The van der Waals surface area contributed by atoms with Gasteiger partial charge in [-0.05, 0) is 29.5 Å². The molecule has 4 heteroatoms. The summed E-state index contributed by atoms with van der Waals surface area (Å²) < 4.78 is 23.8. The average molecular weight is 240 g/mol. The fourth-order valence-corrected chi connectivity index (χ4v) is 3.62. The molecular weight excluding hydrogens is 224 g/mol. The zero-order valence-electron chi connectivity index (χ0n) is 9.47. The van der Waals surface area contributed by atoms with Crippen LogP contribution in [-0.2, 0) is 9.84 Å². The Bertz CT molecular complexity index is 503. The summed E-state index contributed by atoms with van der Waals surface area (Å²) in [5, 5.41) is 9.76. The van der Waals surface area contributed by atoms with E-state index >= 15 is 0 Å². The van der Waals surface area contributed by atoms with Crippen molar-refractivity contribution in [2.24, 2.45) is 0 Å². The molecule has 0 bridgehead atoms. The summed E-state index contributed by atoms with van der Waals surface area (Å²) in [6.45, 7) is 4.04. The first-order chi connectivity index (χ1) is 7.42. The van der Waals surface area contributed by atoms with Gasteiger partial charge in [-0.15, -0.1) is 0 Å².